The van der Waals surface area contributed by atoms with Crippen LogP contribution in [0.25, 0.3) is 0 Å². The van der Waals surface area contributed by atoms with Gasteiger partial charge in [0.25, 0.3) is 0 Å². The third-order valence-corrected chi connectivity index (χ3v) is 4.02. The molecule has 6 nitrogen and oxygen atoms in total. The van der Waals surface area contributed by atoms with Crippen molar-refractivity contribution in [2.75, 3.05) is 11.9 Å². The number of esters is 1. The van der Waals surface area contributed by atoms with Crippen molar-refractivity contribution < 1.29 is 13.9 Å². The predicted molar refractivity (Wildman–Crippen MR) is 91.5 cm³/mol. The molecule has 0 fully saturated rings. The van der Waals surface area contributed by atoms with E-state index in [0.717, 1.165) is 17.7 Å². The number of fused-ring (bicyclic) bond motifs is 1. The zero-order chi connectivity index (χ0) is 18.0. The van der Waals surface area contributed by atoms with E-state index in [0.29, 0.717) is 23.8 Å². The molecule has 1 aliphatic rings. The number of rotatable bonds is 5. The molecule has 1 aromatic heterocycles. The highest BCUT2D eigenvalue weighted by Gasteiger charge is 2.35. The molecule has 1 N–H and O–H groups in total. The molecular formula is C18H21FN4O2. The molecule has 1 aliphatic heterocycles. The van der Waals surface area contributed by atoms with E-state index in [2.05, 4.69) is 15.4 Å². The van der Waals surface area contributed by atoms with E-state index < -0.39 is 12.0 Å². The predicted octanol–water partition coefficient (Wildman–Crippen LogP) is 3.36. The minimum absolute atomic E-state index is 0.279. The van der Waals surface area contributed by atoms with Gasteiger partial charge in [0.15, 0.2) is 0 Å². The molecule has 2 aromatic rings. The van der Waals surface area contributed by atoms with Crippen molar-refractivity contribution in [1.82, 2.24) is 14.8 Å². The molecule has 25 heavy (non-hydrogen) atoms. The number of anilines is 1. The number of benzene rings is 1. The minimum Gasteiger partial charge on any atom is -0.463 e. The van der Waals surface area contributed by atoms with Gasteiger partial charge in [0.05, 0.1) is 12.2 Å². The van der Waals surface area contributed by atoms with Gasteiger partial charge in [-0.3, -0.25) is 0 Å². The van der Waals surface area contributed by atoms with Gasteiger partial charge in [-0.2, -0.15) is 10.1 Å². The van der Waals surface area contributed by atoms with E-state index in [1.165, 1.54) is 12.1 Å². The first-order chi connectivity index (χ1) is 12.0. The van der Waals surface area contributed by atoms with Crippen molar-refractivity contribution in [1.29, 1.82) is 0 Å². The molecule has 132 valence electrons. The first-order valence-corrected chi connectivity index (χ1v) is 8.41. The van der Waals surface area contributed by atoms with Crippen LogP contribution >= 0.6 is 0 Å². The van der Waals surface area contributed by atoms with Gasteiger partial charge in [-0.15, -0.1) is 0 Å². The van der Waals surface area contributed by atoms with Gasteiger partial charge in [-0.05, 0) is 38.0 Å². The minimum atomic E-state index is -0.501. The Morgan fingerprint density at radius 2 is 2.04 bits per heavy atom. The number of nitrogens with zero attached hydrogens (tertiary/aromatic N) is 3. The van der Waals surface area contributed by atoms with Crippen LogP contribution in [0.5, 0.6) is 0 Å². The highest BCUT2D eigenvalue weighted by molar-refractivity contribution is 5.92. The standard InChI is InChI=1S/C18H21FN4O2/c1-4-6-14-15(17(24)25-5-2)16(12-7-9-13(19)10-8-12)23-18(21-14)20-11(3)22-23/h7-10,16H,4-6H2,1-3H3,(H,20,21,22). The van der Waals surface area contributed by atoms with Crippen LogP contribution in [0, 0.1) is 12.7 Å². The van der Waals surface area contributed by atoms with Gasteiger partial charge in [-0.1, -0.05) is 25.5 Å². The Kier molecular flexibility index (Phi) is 4.83. The summed E-state index contributed by atoms with van der Waals surface area (Å²) in [5, 5.41) is 7.64. The van der Waals surface area contributed by atoms with Crippen LogP contribution in [0.1, 0.15) is 44.1 Å². The second-order valence-electron chi connectivity index (χ2n) is 5.87. The van der Waals surface area contributed by atoms with Gasteiger partial charge in [0.1, 0.15) is 17.7 Å². The highest BCUT2D eigenvalue weighted by Crippen LogP contribution is 2.37. The van der Waals surface area contributed by atoms with Gasteiger partial charge < -0.3 is 10.1 Å². The number of aryl methyl sites for hydroxylation is 1. The van der Waals surface area contributed by atoms with Gasteiger partial charge in [0, 0.05) is 5.70 Å². The summed E-state index contributed by atoms with van der Waals surface area (Å²) in [6.07, 6.45) is 1.53. The normalized spacial score (nSPS) is 16.4. The van der Waals surface area contributed by atoms with Crippen molar-refractivity contribution in [2.45, 2.75) is 39.7 Å². The molecule has 0 bridgehead atoms. The van der Waals surface area contributed by atoms with Crippen LogP contribution in [0.4, 0.5) is 10.3 Å². The topological polar surface area (TPSA) is 69.0 Å². The maximum Gasteiger partial charge on any atom is 0.338 e. The fourth-order valence-electron chi connectivity index (χ4n) is 3.03. The average Bonchev–Trinajstić information content (AvgIpc) is 2.95. The van der Waals surface area contributed by atoms with Crippen molar-refractivity contribution >= 4 is 11.9 Å². The number of hydrogen-bond donors (Lipinski definition) is 1. The van der Waals surface area contributed by atoms with Crippen LogP contribution in [-0.4, -0.2) is 27.3 Å². The smallest absolute Gasteiger partial charge is 0.338 e. The maximum atomic E-state index is 13.4. The molecule has 0 spiro atoms. The van der Waals surface area contributed by atoms with Crippen LogP contribution in [0.3, 0.4) is 0 Å². The lowest BCUT2D eigenvalue weighted by atomic mass is 9.94. The zero-order valence-electron chi connectivity index (χ0n) is 14.5. The number of aromatic nitrogens is 3. The summed E-state index contributed by atoms with van der Waals surface area (Å²) in [6.45, 7) is 5.88. The molecule has 0 amide bonds. The first kappa shape index (κ1) is 17.1. The maximum absolute atomic E-state index is 13.4. The van der Waals surface area contributed by atoms with E-state index in [4.69, 9.17) is 4.74 Å². The van der Waals surface area contributed by atoms with E-state index in [1.54, 1.807) is 30.7 Å². The van der Waals surface area contributed by atoms with E-state index in [1.807, 2.05) is 6.92 Å². The molecule has 0 aliphatic carbocycles. The Morgan fingerprint density at radius 1 is 1.32 bits per heavy atom. The zero-order valence-corrected chi connectivity index (χ0v) is 14.5. The summed E-state index contributed by atoms with van der Waals surface area (Å²) in [4.78, 5) is 17.1. The van der Waals surface area contributed by atoms with Gasteiger partial charge in [0.2, 0.25) is 5.95 Å². The summed E-state index contributed by atoms with van der Waals surface area (Å²) < 4.78 is 20.3. The lowest BCUT2D eigenvalue weighted by molar-refractivity contribution is -0.139. The second-order valence-corrected chi connectivity index (χ2v) is 5.87. The fourth-order valence-corrected chi connectivity index (χ4v) is 3.03. The average molecular weight is 344 g/mol. The van der Waals surface area contributed by atoms with Crippen molar-refractivity contribution in [3.05, 3.63) is 52.7 Å². The Morgan fingerprint density at radius 3 is 2.68 bits per heavy atom. The number of carbonyl (C=O) groups is 1. The molecule has 1 aromatic carbocycles. The van der Waals surface area contributed by atoms with Gasteiger partial charge in [-0.25, -0.2) is 13.9 Å². The van der Waals surface area contributed by atoms with Crippen LogP contribution in [0.2, 0.25) is 0 Å². The Bertz CT molecular complexity index is 811. The summed E-state index contributed by atoms with van der Waals surface area (Å²) in [5.41, 5.74) is 2.02. The summed E-state index contributed by atoms with van der Waals surface area (Å²) >= 11 is 0. The molecule has 0 saturated heterocycles. The molecule has 0 saturated carbocycles. The second kappa shape index (κ2) is 7.04. The van der Waals surface area contributed by atoms with E-state index in [-0.39, 0.29) is 12.4 Å². The molecule has 3 rings (SSSR count). The first-order valence-electron chi connectivity index (χ1n) is 8.41. The van der Waals surface area contributed by atoms with E-state index in [9.17, 15) is 9.18 Å². The number of hydrogen-bond acceptors (Lipinski definition) is 5. The fraction of sp³-hybridized carbons (Fsp3) is 0.389. The largest absolute Gasteiger partial charge is 0.463 e. The lowest BCUT2D eigenvalue weighted by Crippen LogP contribution is -2.30. The molecule has 0 radical (unpaired) electrons. The number of allylic oxidation sites excluding steroid dienone is 1. The van der Waals surface area contributed by atoms with Gasteiger partial charge >= 0.3 is 5.97 Å². The third-order valence-electron chi connectivity index (χ3n) is 4.02. The van der Waals surface area contributed by atoms with Crippen molar-refractivity contribution in [2.24, 2.45) is 0 Å². The highest BCUT2D eigenvalue weighted by atomic mass is 19.1. The monoisotopic (exact) mass is 344 g/mol. The molecule has 2 heterocycles. The van der Waals surface area contributed by atoms with Crippen LogP contribution in [0.15, 0.2) is 35.5 Å². The lowest BCUT2D eigenvalue weighted by Gasteiger charge is -2.29. The van der Waals surface area contributed by atoms with E-state index >= 15 is 0 Å². The molecule has 7 heteroatoms. The Labute approximate surface area is 145 Å². The summed E-state index contributed by atoms with van der Waals surface area (Å²) in [6, 6.07) is 5.58. The SMILES string of the molecule is CCCC1=C(C(=O)OCC)C(c2ccc(F)cc2)n2nc(C)nc2N1. The number of carbonyl (C=O) groups excluding carboxylic acids is 1. The molecular weight excluding hydrogens is 323 g/mol. The Hall–Kier alpha value is -2.70. The van der Waals surface area contributed by atoms with Crippen molar-refractivity contribution in [3.8, 4) is 0 Å². The van der Waals surface area contributed by atoms with Crippen LogP contribution < -0.4 is 5.32 Å². The summed E-state index contributed by atoms with van der Waals surface area (Å²) in [5.74, 6) is 0.439. The molecule has 1 unspecified atom stereocenters. The number of nitrogens with one attached hydrogen (secondary N) is 1. The summed E-state index contributed by atoms with van der Waals surface area (Å²) in [7, 11) is 0. The number of halogens is 1. The Balaban J connectivity index is 2.18. The third kappa shape index (κ3) is 3.26. The van der Waals surface area contributed by atoms with Crippen molar-refractivity contribution in [3.63, 3.8) is 0 Å². The quantitative estimate of drug-likeness (QED) is 0.842. The van der Waals surface area contributed by atoms with Crippen LogP contribution in [-0.2, 0) is 9.53 Å². The molecule has 1 atom stereocenters. The number of ether oxygens (including phenoxy) is 1.